The molecular formula is C22H21N3O3. The number of nitrogens with zero attached hydrogens (tertiary/aromatic N) is 2. The van der Waals surface area contributed by atoms with Crippen LogP contribution in [0.1, 0.15) is 36.3 Å². The van der Waals surface area contributed by atoms with Crippen molar-refractivity contribution in [3.05, 3.63) is 59.7 Å². The molecule has 1 aliphatic heterocycles. The molecule has 2 aromatic carbocycles. The van der Waals surface area contributed by atoms with Crippen molar-refractivity contribution in [3.63, 3.8) is 0 Å². The predicted molar refractivity (Wildman–Crippen MR) is 101 cm³/mol. The van der Waals surface area contributed by atoms with Gasteiger partial charge in [-0.25, -0.2) is 0 Å². The molecule has 2 aliphatic rings. The van der Waals surface area contributed by atoms with E-state index in [2.05, 4.69) is 29.1 Å². The molecule has 2 atom stereocenters. The van der Waals surface area contributed by atoms with E-state index < -0.39 is 6.09 Å². The van der Waals surface area contributed by atoms with Gasteiger partial charge in [-0.2, -0.15) is 0 Å². The fraction of sp³-hybridized carbons (Fsp3) is 0.318. The van der Waals surface area contributed by atoms with E-state index in [1.165, 1.54) is 27.2 Å². The molecule has 2 aromatic rings. The zero-order valence-electron chi connectivity index (χ0n) is 15.4. The molecular weight excluding hydrogens is 354 g/mol. The molecule has 1 amide bonds. The summed E-state index contributed by atoms with van der Waals surface area (Å²) >= 11 is 0. The van der Waals surface area contributed by atoms with Crippen molar-refractivity contribution in [2.45, 2.75) is 31.2 Å². The van der Waals surface area contributed by atoms with Crippen LogP contribution in [0.5, 0.6) is 0 Å². The number of benzene rings is 2. The molecule has 0 aromatic heterocycles. The average molecular weight is 375 g/mol. The van der Waals surface area contributed by atoms with Crippen LogP contribution in [0.15, 0.2) is 48.5 Å². The minimum atomic E-state index is -1.19. The highest BCUT2D eigenvalue weighted by molar-refractivity contribution is 6.26. The maximum absolute atomic E-state index is 12.2. The lowest BCUT2D eigenvalue weighted by atomic mass is 9.81. The van der Waals surface area contributed by atoms with Crippen molar-refractivity contribution in [1.82, 2.24) is 4.90 Å². The number of likely N-dealkylation sites (tertiary alicyclic amines) is 1. The Morgan fingerprint density at radius 2 is 1.71 bits per heavy atom. The van der Waals surface area contributed by atoms with E-state index in [1.54, 1.807) is 0 Å². The Balaban J connectivity index is 1.66. The van der Waals surface area contributed by atoms with E-state index in [9.17, 15) is 14.7 Å². The quantitative estimate of drug-likeness (QED) is 0.505. The van der Waals surface area contributed by atoms with Gasteiger partial charge >= 0.3 is 6.21 Å². The minimum Gasteiger partial charge on any atom is -0.530 e. The first-order valence-corrected chi connectivity index (χ1v) is 9.49. The van der Waals surface area contributed by atoms with Gasteiger partial charge in [-0.05, 0) is 41.5 Å². The van der Waals surface area contributed by atoms with Crippen LogP contribution in [0.25, 0.3) is 11.1 Å². The van der Waals surface area contributed by atoms with E-state index in [-0.39, 0.29) is 30.2 Å². The highest BCUT2D eigenvalue weighted by atomic mass is 16.4. The van der Waals surface area contributed by atoms with Gasteiger partial charge in [-0.15, -0.1) is 0 Å². The number of hydrogen-bond acceptors (Lipinski definition) is 4. The molecule has 1 aliphatic carbocycles. The minimum absolute atomic E-state index is 0.0814. The number of ketones is 1. The molecule has 0 spiro atoms. The van der Waals surface area contributed by atoms with Gasteiger partial charge in [0.05, 0.1) is 10.3 Å². The van der Waals surface area contributed by atoms with E-state index in [1.807, 2.05) is 24.3 Å². The zero-order chi connectivity index (χ0) is 19.7. The van der Waals surface area contributed by atoms with Crippen molar-refractivity contribution in [3.8, 4) is 11.1 Å². The van der Waals surface area contributed by atoms with E-state index in [0.29, 0.717) is 19.3 Å². The molecule has 0 bridgehead atoms. The number of carbonyl (C=O) groups excluding carboxylic acids is 2. The van der Waals surface area contributed by atoms with Crippen LogP contribution in [0, 0.1) is 11.4 Å². The molecule has 1 fully saturated rings. The third-order valence-electron chi connectivity index (χ3n) is 6.01. The second-order valence-electron chi connectivity index (χ2n) is 7.46. The smallest absolute Gasteiger partial charge is 0.372 e. The Labute approximate surface area is 163 Å². The van der Waals surface area contributed by atoms with Crippen LogP contribution in [0.3, 0.4) is 0 Å². The standard InChI is InChI=1S/C22H21N3O3/c23-24-13-21(26)14-9-10-25(22(27)28)15(11-14)12-20-18-7-3-1-5-16(18)17-6-2-4-8-19(17)20/h1-8,13-15,20,23H,9-12H2. The molecule has 0 radical (unpaired) electrons. The van der Waals surface area contributed by atoms with Crippen molar-refractivity contribution in [2.75, 3.05) is 6.54 Å². The number of carbonyl (C=O) groups is 2. The molecule has 1 heterocycles. The highest BCUT2D eigenvalue weighted by Crippen LogP contribution is 2.47. The van der Waals surface area contributed by atoms with Gasteiger partial charge in [-0.1, -0.05) is 48.5 Å². The Hall–Kier alpha value is -3.24. The lowest BCUT2D eigenvalue weighted by Gasteiger charge is -2.41. The fourth-order valence-electron chi connectivity index (χ4n) is 4.73. The summed E-state index contributed by atoms with van der Waals surface area (Å²) in [5.74, 6) is -0.426. The molecule has 28 heavy (non-hydrogen) atoms. The summed E-state index contributed by atoms with van der Waals surface area (Å²) in [4.78, 5) is 28.4. The highest BCUT2D eigenvalue weighted by Gasteiger charge is 2.37. The molecule has 6 nitrogen and oxygen atoms in total. The van der Waals surface area contributed by atoms with Gasteiger partial charge in [0.15, 0.2) is 0 Å². The first kappa shape index (κ1) is 18.1. The molecule has 2 unspecified atom stereocenters. The summed E-state index contributed by atoms with van der Waals surface area (Å²) in [6.07, 6.45) is 1.30. The van der Waals surface area contributed by atoms with Crippen LogP contribution < -0.4 is 5.11 Å². The van der Waals surface area contributed by atoms with Crippen LogP contribution in [-0.2, 0) is 4.79 Å². The molecule has 4 rings (SSSR count). The third-order valence-corrected chi connectivity index (χ3v) is 6.01. The topological polar surface area (TPSA) is 98.4 Å². The summed E-state index contributed by atoms with van der Waals surface area (Å²) in [6, 6.07) is 16.1. The van der Waals surface area contributed by atoms with E-state index >= 15 is 0 Å². The summed E-state index contributed by atoms with van der Waals surface area (Å²) in [7, 11) is 0. The summed E-state index contributed by atoms with van der Waals surface area (Å²) in [5.41, 5.74) is 11.7. The number of rotatable bonds is 4. The van der Waals surface area contributed by atoms with Crippen molar-refractivity contribution < 1.29 is 19.5 Å². The largest absolute Gasteiger partial charge is 0.530 e. The molecule has 142 valence electrons. The molecule has 6 heteroatoms. The molecule has 0 saturated carbocycles. The Morgan fingerprint density at radius 3 is 2.29 bits per heavy atom. The van der Waals surface area contributed by atoms with E-state index in [4.69, 9.17) is 5.53 Å². The number of fused-ring (bicyclic) bond motifs is 3. The summed E-state index contributed by atoms with van der Waals surface area (Å²) in [6.45, 7) is 0.269. The van der Waals surface area contributed by atoms with Crippen LogP contribution >= 0.6 is 0 Å². The van der Waals surface area contributed by atoms with Gasteiger partial charge in [0.25, 0.3) is 0 Å². The summed E-state index contributed by atoms with van der Waals surface area (Å²) in [5, 5.41) is 11.7. The van der Waals surface area contributed by atoms with Crippen LogP contribution in [0.4, 0.5) is 4.79 Å². The number of amides is 1. The third kappa shape index (κ3) is 3.12. The second-order valence-corrected chi connectivity index (χ2v) is 7.46. The Kier molecular flexibility index (Phi) is 4.80. The van der Waals surface area contributed by atoms with Crippen molar-refractivity contribution in [2.24, 2.45) is 5.92 Å². The zero-order valence-corrected chi connectivity index (χ0v) is 15.4. The van der Waals surface area contributed by atoms with Gasteiger partial charge in [0.2, 0.25) is 5.78 Å². The average Bonchev–Trinajstić information content (AvgIpc) is 3.02. The fourth-order valence-corrected chi connectivity index (χ4v) is 4.73. The van der Waals surface area contributed by atoms with Crippen molar-refractivity contribution in [1.29, 1.82) is 5.53 Å². The predicted octanol–water partition coefficient (Wildman–Crippen LogP) is 2.49. The van der Waals surface area contributed by atoms with Crippen LogP contribution in [0.2, 0.25) is 0 Å². The second kappa shape index (κ2) is 7.41. The normalized spacial score (nSPS) is 20.8. The van der Waals surface area contributed by atoms with E-state index in [0.717, 1.165) is 6.21 Å². The van der Waals surface area contributed by atoms with Gasteiger partial charge in [0, 0.05) is 24.4 Å². The van der Waals surface area contributed by atoms with Gasteiger partial charge in [-0.3, -0.25) is 4.79 Å². The Bertz CT molecular complexity index is 935. The van der Waals surface area contributed by atoms with Crippen molar-refractivity contribution >= 4 is 18.1 Å². The first-order valence-electron chi connectivity index (χ1n) is 9.49. The number of hydrogen-bond donors (Lipinski definition) is 1. The van der Waals surface area contributed by atoms with Gasteiger partial charge in [0.1, 0.15) is 6.09 Å². The first-order chi connectivity index (χ1) is 13.6. The Morgan fingerprint density at radius 1 is 1.11 bits per heavy atom. The monoisotopic (exact) mass is 375 g/mol. The van der Waals surface area contributed by atoms with Gasteiger partial charge < -0.3 is 14.8 Å². The maximum Gasteiger partial charge on any atom is 0.372 e. The maximum atomic E-state index is 12.2. The molecule has 1 N–H and O–H groups in total. The lowest BCUT2D eigenvalue weighted by molar-refractivity contribution is -0.269. The number of nitrogens with one attached hydrogen (secondary N) is 1. The number of Topliss-reactive ketones (excluding diaryl/α,β-unsaturated/α-hetero) is 1. The SMILES string of the molecule is N=[N+]=CC(=O)C1CCN(C(=O)[O-])C(CC2c3ccccc3-c3ccccc32)C1. The lowest BCUT2D eigenvalue weighted by Crippen LogP contribution is -2.52. The number of piperidine rings is 1. The summed E-state index contributed by atoms with van der Waals surface area (Å²) < 4.78 is 0. The number of carboxylic acid groups (broad SMARTS) is 1. The van der Waals surface area contributed by atoms with Crippen LogP contribution in [-0.4, -0.2) is 40.4 Å². The molecule has 1 saturated heterocycles.